The van der Waals surface area contributed by atoms with E-state index < -0.39 is 0 Å². The number of nitrogens with two attached hydrogens (primary N) is 1. The van der Waals surface area contributed by atoms with Crippen molar-refractivity contribution < 1.29 is 0 Å². The van der Waals surface area contributed by atoms with Crippen molar-refractivity contribution in [3.8, 4) is 11.1 Å². The molecular formula is C12H12N2. The molecule has 0 saturated carbocycles. The zero-order chi connectivity index (χ0) is 9.97. The molecule has 70 valence electrons. The Kier molecular flexibility index (Phi) is 2.19. The Morgan fingerprint density at radius 1 is 1.07 bits per heavy atom. The summed E-state index contributed by atoms with van der Waals surface area (Å²) < 4.78 is 0. The first-order valence-electron chi connectivity index (χ1n) is 4.54. The first-order valence-corrected chi connectivity index (χ1v) is 4.54. The molecule has 2 aromatic rings. The van der Waals surface area contributed by atoms with E-state index >= 15 is 0 Å². The van der Waals surface area contributed by atoms with Gasteiger partial charge in [0.2, 0.25) is 0 Å². The average Bonchev–Trinajstić information content (AvgIpc) is 2.20. The third kappa shape index (κ3) is 1.59. The molecule has 0 aliphatic carbocycles. The molecule has 1 aromatic heterocycles. The zero-order valence-corrected chi connectivity index (χ0v) is 8.07. The summed E-state index contributed by atoms with van der Waals surface area (Å²) in [7, 11) is 0. The fourth-order valence-corrected chi connectivity index (χ4v) is 1.38. The number of nitrogens with zero attached hydrogens (tertiary/aromatic N) is 1. The molecule has 2 N–H and O–H groups in total. The Balaban J connectivity index is 2.50. The molecule has 0 saturated heterocycles. The van der Waals surface area contributed by atoms with Gasteiger partial charge in [0.05, 0.1) is 0 Å². The van der Waals surface area contributed by atoms with Crippen molar-refractivity contribution in [2.24, 2.45) is 0 Å². The number of nitrogen functional groups attached to an aromatic ring is 1. The highest BCUT2D eigenvalue weighted by Crippen LogP contribution is 2.24. The van der Waals surface area contributed by atoms with Crippen LogP contribution in [0.1, 0.15) is 5.56 Å². The van der Waals surface area contributed by atoms with Crippen LogP contribution in [0.15, 0.2) is 42.7 Å². The molecule has 14 heavy (non-hydrogen) atoms. The minimum Gasteiger partial charge on any atom is -0.398 e. The van der Waals surface area contributed by atoms with Crippen molar-refractivity contribution >= 4 is 5.69 Å². The van der Waals surface area contributed by atoms with E-state index in [1.807, 2.05) is 6.07 Å². The van der Waals surface area contributed by atoms with Gasteiger partial charge < -0.3 is 5.73 Å². The number of aromatic nitrogens is 1. The van der Waals surface area contributed by atoms with Gasteiger partial charge in [-0.15, -0.1) is 0 Å². The van der Waals surface area contributed by atoms with E-state index in [0.29, 0.717) is 0 Å². The molecule has 0 bridgehead atoms. The second kappa shape index (κ2) is 3.50. The van der Waals surface area contributed by atoms with Gasteiger partial charge >= 0.3 is 0 Å². The Bertz CT molecular complexity index is 432. The second-order valence-electron chi connectivity index (χ2n) is 3.33. The van der Waals surface area contributed by atoms with Crippen LogP contribution in [0.25, 0.3) is 11.1 Å². The number of hydrogen-bond donors (Lipinski definition) is 1. The monoisotopic (exact) mass is 184 g/mol. The minimum absolute atomic E-state index is 0.767. The third-order valence-electron chi connectivity index (χ3n) is 2.22. The molecule has 0 fully saturated rings. The topological polar surface area (TPSA) is 38.9 Å². The molecular weight excluding hydrogens is 172 g/mol. The summed E-state index contributed by atoms with van der Waals surface area (Å²) in [5.74, 6) is 0. The lowest BCUT2D eigenvalue weighted by Gasteiger charge is -2.04. The summed E-state index contributed by atoms with van der Waals surface area (Å²) in [5, 5.41) is 0. The number of rotatable bonds is 1. The molecule has 1 heterocycles. The van der Waals surface area contributed by atoms with Gasteiger partial charge in [-0.05, 0) is 18.6 Å². The second-order valence-corrected chi connectivity index (χ2v) is 3.33. The van der Waals surface area contributed by atoms with Gasteiger partial charge in [-0.25, -0.2) is 0 Å². The van der Waals surface area contributed by atoms with Crippen LogP contribution in [0.3, 0.4) is 0 Å². The predicted octanol–water partition coefficient (Wildman–Crippen LogP) is 2.64. The van der Waals surface area contributed by atoms with Crippen LogP contribution >= 0.6 is 0 Å². The van der Waals surface area contributed by atoms with Crippen molar-refractivity contribution in [2.75, 3.05) is 5.73 Å². The van der Waals surface area contributed by atoms with Gasteiger partial charge in [0.15, 0.2) is 0 Å². The third-order valence-corrected chi connectivity index (χ3v) is 2.22. The lowest BCUT2D eigenvalue weighted by atomic mass is 10.0. The van der Waals surface area contributed by atoms with E-state index in [1.54, 1.807) is 12.4 Å². The van der Waals surface area contributed by atoms with E-state index in [4.69, 9.17) is 5.73 Å². The van der Waals surface area contributed by atoms with Gasteiger partial charge in [0, 0.05) is 23.6 Å². The van der Waals surface area contributed by atoms with Crippen LogP contribution < -0.4 is 5.73 Å². The molecule has 2 rings (SSSR count). The molecule has 0 unspecified atom stereocenters. The maximum atomic E-state index is 5.85. The first-order chi connectivity index (χ1) is 6.77. The van der Waals surface area contributed by atoms with Crippen LogP contribution in [-0.2, 0) is 0 Å². The van der Waals surface area contributed by atoms with E-state index in [0.717, 1.165) is 16.8 Å². The lowest BCUT2D eigenvalue weighted by molar-refractivity contribution is 1.33. The number of hydrogen-bond acceptors (Lipinski definition) is 2. The van der Waals surface area contributed by atoms with E-state index in [2.05, 4.69) is 36.2 Å². The highest BCUT2D eigenvalue weighted by Gasteiger charge is 2.00. The first kappa shape index (κ1) is 8.75. The minimum atomic E-state index is 0.767. The number of pyridine rings is 1. The predicted molar refractivity (Wildman–Crippen MR) is 58.8 cm³/mol. The molecule has 0 radical (unpaired) electrons. The van der Waals surface area contributed by atoms with E-state index in [-0.39, 0.29) is 0 Å². The van der Waals surface area contributed by atoms with Crippen molar-refractivity contribution in [2.45, 2.75) is 6.92 Å². The van der Waals surface area contributed by atoms with Crippen molar-refractivity contribution in [3.63, 3.8) is 0 Å². The number of benzene rings is 1. The van der Waals surface area contributed by atoms with Gasteiger partial charge in [-0.1, -0.05) is 29.8 Å². The fraction of sp³-hybridized carbons (Fsp3) is 0.0833. The van der Waals surface area contributed by atoms with Crippen molar-refractivity contribution in [1.82, 2.24) is 4.98 Å². The quantitative estimate of drug-likeness (QED) is 0.740. The van der Waals surface area contributed by atoms with E-state index in [1.165, 1.54) is 5.56 Å². The Labute approximate surface area is 83.4 Å². The molecule has 0 spiro atoms. The average molecular weight is 184 g/mol. The molecule has 2 nitrogen and oxygen atoms in total. The molecule has 0 atom stereocenters. The molecule has 0 aliphatic heterocycles. The van der Waals surface area contributed by atoms with Gasteiger partial charge in [0.25, 0.3) is 0 Å². The Morgan fingerprint density at radius 3 is 2.43 bits per heavy atom. The van der Waals surface area contributed by atoms with Gasteiger partial charge in [-0.3, -0.25) is 4.98 Å². The highest BCUT2D eigenvalue weighted by atomic mass is 14.7. The fourth-order valence-electron chi connectivity index (χ4n) is 1.38. The summed E-state index contributed by atoms with van der Waals surface area (Å²) in [6, 6.07) is 10.1. The number of anilines is 1. The molecule has 1 aromatic carbocycles. The van der Waals surface area contributed by atoms with Gasteiger partial charge in [-0.2, -0.15) is 0 Å². The molecule has 0 aliphatic rings. The van der Waals surface area contributed by atoms with Crippen LogP contribution in [0.4, 0.5) is 5.69 Å². The SMILES string of the molecule is Cc1ccc(-c2cnccc2N)cc1. The van der Waals surface area contributed by atoms with Crippen molar-refractivity contribution in [1.29, 1.82) is 0 Å². The summed E-state index contributed by atoms with van der Waals surface area (Å²) >= 11 is 0. The maximum absolute atomic E-state index is 5.85. The smallest absolute Gasteiger partial charge is 0.0424 e. The van der Waals surface area contributed by atoms with Crippen molar-refractivity contribution in [3.05, 3.63) is 48.3 Å². The molecule has 2 heteroatoms. The summed E-state index contributed by atoms with van der Waals surface area (Å²) in [5.41, 5.74) is 9.97. The van der Waals surface area contributed by atoms with E-state index in [9.17, 15) is 0 Å². The normalized spacial score (nSPS) is 10.1. The van der Waals surface area contributed by atoms with Crippen LogP contribution in [0.5, 0.6) is 0 Å². The summed E-state index contributed by atoms with van der Waals surface area (Å²) in [6.07, 6.45) is 3.49. The maximum Gasteiger partial charge on any atom is 0.0424 e. The zero-order valence-electron chi connectivity index (χ0n) is 8.07. The van der Waals surface area contributed by atoms with Crippen LogP contribution in [0.2, 0.25) is 0 Å². The van der Waals surface area contributed by atoms with Crippen LogP contribution in [-0.4, -0.2) is 4.98 Å². The van der Waals surface area contributed by atoms with Crippen LogP contribution in [0, 0.1) is 6.92 Å². The number of aryl methyl sites for hydroxylation is 1. The Hall–Kier alpha value is -1.83. The largest absolute Gasteiger partial charge is 0.398 e. The summed E-state index contributed by atoms with van der Waals surface area (Å²) in [6.45, 7) is 2.07. The standard InChI is InChI=1S/C12H12N2/c1-9-2-4-10(5-3-9)11-8-14-7-6-12(11)13/h2-8H,1H3,(H2,13,14). The van der Waals surface area contributed by atoms with Gasteiger partial charge in [0.1, 0.15) is 0 Å². The lowest BCUT2D eigenvalue weighted by Crippen LogP contribution is -1.90. The Morgan fingerprint density at radius 2 is 1.79 bits per heavy atom. The summed E-state index contributed by atoms with van der Waals surface area (Å²) in [4.78, 5) is 4.06. The highest BCUT2D eigenvalue weighted by molar-refractivity contribution is 5.75. The molecule has 0 amide bonds.